The van der Waals surface area contributed by atoms with E-state index in [2.05, 4.69) is 0 Å². The van der Waals surface area contributed by atoms with Gasteiger partial charge < -0.3 is 9.64 Å². The molecule has 1 saturated heterocycles. The van der Waals surface area contributed by atoms with Crippen LogP contribution in [0, 0.1) is 5.82 Å². The molecule has 4 nitrogen and oxygen atoms in total. The first-order valence-corrected chi connectivity index (χ1v) is 7.88. The molecule has 1 heterocycles. The number of carbonyl (C=O) groups excluding carboxylic acids is 2. The number of ether oxygens (including phenoxy) is 1. The number of benzene rings is 2. The molecule has 0 spiro atoms. The molecule has 0 N–H and O–H groups in total. The lowest BCUT2D eigenvalue weighted by atomic mass is 10.2. The fourth-order valence-corrected chi connectivity index (χ4v) is 2.79. The minimum absolute atomic E-state index is 0.0824. The van der Waals surface area contributed by atoms with Crippen molar-refractivity contribution in [2.24, 2.45) is 0 Å². The Labute approximate surface area is 139 Å². The fourth-order valence-electron chi connectivity index (χ4n) is 2.79. The summed E-state index contributed by atoms with van der Waals surface area (Å²) in [6, 6.07) is 14.8. The van der Waals surface area contributed by atoms with Crippen molar-refractivity contribution in [1.29, 1.82) is 0 Å². The number of amides is 1. The van der Waals surface area contributed by atoms with Crippen LogP contribution in [0.4, 0.5) is 4.39 Å². The first-order valence-electron chi connectivity index (χ1n) is 7.88. The van der Waals surface area contributed by atoms with Gasteiger partial charge in [-0.05, 0) is 29.7 Å². The minimum Gasteiger partial charge on any atom is -0.459 e. The molecule has 0 radical (unpaired) electrons. The van der Waals surface area contributed by atoms with Gasteiger partial charge in [-0.15, -0.1) is 0 Å². The van der Waals surface area contributed by atoms with E-state index in [1.165, 1.54) is 17.0 Å². The van der Waals surface area contributed by atoms with Crippen molar-refractivity contribution in [3.05, 3.63) is 71.5 Å². The number of carbonyl (C=O) groups is 2. The molecule has 2 aromatic carbocycles. The molecule has 3 rings (SSSR count). The van der Waals surface area contributed by atoms with E-state index >= 15 is 0 Å². The van der Waals surface area contributed by atoms with Gasteiger partial charge in [-0.3, -0.25) is 4.79 Å². The van der Waals surface area contributed by atoms with Crippen molar-refractivity contribution in [1.82, 2.24) is 4.90 Å². The van der Waals surface area contributed by atoms with Gasteiger partial charge in [0.1, 0.15) is 18.5 Å². The molecule has 0 aromatic heterocycles. The Balaban J connectivity index is 1.63. The predicted octanol–water partition coefficient (Wildman–Crippen LogP) is 3.06. The third kappa shape index (κ3) is 3.79. The molecule has 1 aliphatic heterocycles. The van der Waals surface area contributed by atoms with Gasteiger partial charge in [-0.2, -0.15) is 0 Å². The van der Waals surface area contributed by atoms with Gasteiger partial charge in [0.25, 0.3) is 0 Å². The second kappa shape index (κ2) is 7.25. The molecule has 0 aliphatic carbocycles. The smallest absolute Gasteiger partial charge is 0.329 e. The topological polar surface area (TPSA) is 46.6 Å². The quantitative estimate of drug-likeness (QED) is 0.793. The molecule has 1 aliphatic rings. The van der Waals surface area contributed by atoms with Crippen molar-refractivity contribution in [3.63, 3.8) is 0 Å². The highest BCUT2D eigenvalue weighted by Gasteiger charge is 2.37. The normalized spacial score (nSPS) is 17.1. The Morgan fingerprint density at radius 2 is 1.79 bits per heavy atom. The average molecular weight is 327 g/mol. The van der Waals surface area contributed by atoms with Crippen molar-refractivity contribution in [2.45, 2.75) is 32.0 Å². The van der Waals surface area contributed by atoms with Gasteiger partial charge in [0.05, 0.1) is 0 Å². The number of rotatable bonds is 5. The number of likely N-dealkylation sites (tertiary alicyclic amines) is 1. The maximum absolute atomic E-state index is 13.0. The van der Waals surface area contributed by atoms with Crippen LogP contribution >= 0.6 is 0 Å². The Hall–Kier alpha value is -2.69. The standard InChI is InChI=1S/C19H18FNO3/c20-16-8-6-14(7-9-16)12-21-17(10-11-18(21)22)19(23)24-13-15-4-2-1-3-5-15/h1-9,17H,10-13H2/t17-/m0/s1. The minimum atomic E-state index is -0.578. The Morgan fingerprint density at radius 3 is 2.50 bits per heavy atom. The Bertz CT molecular complexity index is 715. The monoisotopic (exact) mass is 327 g/mol. The number of hydrogen-bond donors (Lipinski definition) is 0. The molecule has 1 fully saturated rings. The van der Waals surface area contributed by atoms with E-state index in [0.29, 0.717) is 12.8 Å². The lowest BCUT2D eigenvalue weighted by Crippen LogP contribution is -2.39. The first kappa shape index (κ1) is 16.2. The zero-order valence-electron chi connectivity index (χ0n) is 13.2. The second-order valence-electron chi connectivity index (χ2n) is 5.80. The molecule has 0 bridgehead atoms. The second-order valence-corrected chi connectivity index (χ2v) is 5.80. The Kier molecular flexibility index (Phi) is 4.89. The van der Waals surface area contributed by atoms with E-state index in [0.717, 1.165) is 11.1 Å². The van der Waals surface area contributed by atoms with E-state index in [9.17, 15) is 14.0 Å². The number of nitrogens with zero attached hydrogens (tertiary/aromatic N) is 1. The average Bonchev–Trinajstić information content (AvgIpc) is 2.96. The van der Waals surface area contributed by atoms with Gasteiger partial charge in [-0.1, -0.05) is 42.5 Å². The van der Waals surface area contributed by atoms with E-state index in [-0.39, 0.29) is 24.9 Å². The first-order chi connectivity index (χ1) is 11.6. The van der Waals surface area contributed by atoms with Gasteiger partial charge in [-0.25, -0.2) is 9.18 Å². The summed E-state index contributed by atoms with van der Waals surface area (Å²) in [6.45, 7) is 0.471. The third-order valence-corrected chi connectivity index (χ3v) is 4.09. The van der Waals surface area contributed by atoms with Crippen LogP contribution in [0.25, 0.3) is 0 Å². The molecular formula is C19H18FNO3. The third-order valence-electron chi connectivity index (χ3n) is 4.09. The van der Waals surface area contributed by atoms with E-state index in [1.54, 1.807) is 12.1 Å². The van der Waals surface area contributed by atoms with Crippen LogP contribution in [0.15, 0.2) is 54.6 Å². The van der Waals surface area contributed by atoms with Crippen LogP contribution in [0.5, 0.6) is 0 Å². The van der Waals surface area contributed by atoms with Crippen LogP contribution in [-0.2, 0) is 27.5 Å². The summed E-state index contributed by atoms with van der Waals surface area (Å²) in [5.41, 5.74) is 1.69. The molecule has 0 saturated carbocycles. The lowest BCUT2D eigenvalue weighted by molar-refractivity contribution is -0.153. The van der Waals surface area contributed by atoms with Crippen molar-refractivity contribution in [3.8, 4) is 0 Å². The molecule has 1 amide bonds. The van der Waals surface area contributed by atoms with Crippen LogP contribution in [0.2, 0.25) is 0 Å². The lowest BCUT2D eigenvalue weighted by Gasteiger charge is -2.23. The zero-order chi connectivity index (χ0) is 16.9. The van der Waals surface area contributed by atoms with Gasteiger partial charge in [0, 0.05) is 13.0 Å². The maximum Gasteiger partial charge on any atom is 0.329 e. The molecule has 2 aromatic rings. The number of esters is 1. The number of hydrogen-bond acceptors (Lipinski definition) is 3. The Morgan fingerprint density at radius 1 is 1.08 bits per heavy atom. The molecule has 5 heteroatoms. The zero-order valence-corrected chi connectivity index (χ0v) is 13.2. The summed E-state index contributed by atoms with van der Waals surface area (Å²) in [7, 11) is 0. The number of halogens is 1. The predicted molar refractivity (Wildman–Crippen MR) is 86.2 cm³/mol. The highest BCUT2D eigenvalue weighted by molar-refractivity contribution is 5.88. The largest absolute Gasteiger partial charge is 0.459 e. The fraction of sp³-hybridized carbons (Fsp3) is 0.263. The molecular weight excluding hydrogens is 309 g/mol. The summed E-state index contributed by atoms with van der Waals surface area (Å²) in [4.78, 5) is 25.9. The van der Waals surface area contributed by atoms with Crippen molar-refractivity contribution >= 4 is 11.9 Å². The summed E-state index contributed by atoms with van der Waals surface area (Å²) in [5.74, 6) is -0.807. The highest BCUT2D eigenvalue weighted by atomic mass is 19.1. The summed E-state index contributed by atoms with van der Waals surface area (Å²) in [6.07, 6.45) is 0.778. The van der Waals surface area contributed by atoms with Crippen LogP contribution in [-0.4, -0.2) is 22.8 Å². The SMILES string of the molecule is O=C(OCc1ccccc1)[C@@H]1CCC(=O)N1Cc1ccc(F)cc1. The molecule has 24 heavy (non-hydrogen) atoms. The van der Waals surface area contributed by atoms with E-state index in [1.807, 2.05) is 30.3 Å². The van der Waals surface area contributed by atoms with E-state index < -0.39 is 12.0 Å². The summed E-state index contributed by atoms with van der Waals surface area (Å²) in [5, 5.41) is 0. The van der Waals surface area contributed by atoms with E-state index in [4.69, 9.17) is 4.74 Å². The van der Waals surface area contributed by atoms with Gasteiger partial charge in [0.2, 0.25) is 5.91 Å². The van der Waals surface area contributed by atoms with Gasteiger partial charge >= 0.3 is 5.97 Å². The van der Waals surface area contributed by atoms with Crippen molar-refractivity contribution < 1.29 is 18.7 Å². The molecule has 0 unspecified atom stereocenters. The van der Waals surface area contributed by atoms with Gasteiger partial charge in [0.15, 0.2) is 0 Å². The maximum atomic E-state index is 13.0. The summed E-state index contributed by atoms with van der Waals surface area (Å²) >= 11 is 0. The highest BCUT2D eigenvalue weighted by Crippen LogP contribution is 2.23. The molecule has 1 atom stereocenters. The van der Waals surface area contributed by atoms with Crippen LogP contribution < -0.4 is 0 Å². The summed E-state index contributed by atoms with van der Waals surface area (Å²) < 4.78 is 18.3. The van der Waals surface area contributed by atoms with Crippen LogP contribution in [0.3, 0.4) is 0 Å². The van der Waals surface area contributed by atoms with Crippen molar-refractivity contribution in [2.75, 3.05) is 0 Å². The van der Waals surface area contributed by atoms with Crippen LogP contribution in [0.1, 0.15) is 24.0 Å². The molecule has 124 valence electrons.